The molecule has 3 nitrogen and oxygen atoms in total. The second-order valence-corrected chi connectivity index (χ2v) is 5.09. The van der Waals surface area contributed by atoms with Crippen molar-refractivity contribution in [2.75, 3.05) is 20.1 Å². The van der Waals surface area contributed by atoms with Crippen LogP contribution in [0.3, 0.4) is 0 Å². The van der Waals surface area contributed by atoms with Crippen LogP contribution in [-0.4, -0.2) is 31.3 Å². The molecule has 2 N–H and O–H groups in total. The lowest BCUT2D eigenvalue weighted by Crippen LogP contribution is -2.35. The lowest BCUT2D eigenvalue weighted by molar-refractivity contribution is -0.120. The monoisotopic (exact) mass is 274 g/mol. The number of hydrogen-bond donors (Lipinski definition) is 2. The summed E-state index contributed by atoms with van der Waals surface area (Å²) in [5.41, 5.74) is 0. The third-order valence-corrected chi connectivity index (χ3v) is 3.12. The first-order valence-electron chi connectivity index (χ1n) is 5.35. The van der Waals surface area contributed by atoms with Crippen LogP contribution in [0.15, 0.2) is 35.2 Å². The largest absolute Gasteiger partial charge is 0.354 e. The average Bonchev–Trinajstić information content (AvgIpc) is 2.28. The van der Waals surface area contributed by atoms with Crippen molar-refractivity contribution in [3.8, 4) is 0 Å². The van der Waals surface area contributed by atoms with E-state index >= 15 is 0 Å². The Balaban J connectivity index is 0.00000256. The SMILES string of the molecule is CNCC(=O)NCC(C)Sc1ccccc1.Cl. The molecule has 5 heteroatoms. The van der Waals surface area contributed by atoms with Gasteiger partial charge in [0, 0.05) is 16.7 Å². The second-order valence-electron chi connectivity index (χ2n) is 3.58. The van der Waals surface area contributed by atoms with Crippen LogP contribution in [0.2, 0.25) is 0 Å². The number of likely N-dealkylation sites (N-methyl/N-ethyl adjacent to an activating group) is 1. The molecule has 17 heavy (non-hydrogen) atoms. The number of benzene rings is 1. The molecule has 1 aromatic carbocycles. The first kappa shape index (κ1) is 16.3. The van der Waals surface area contributed by atoms with Crippen LogP contribution < -0.4 is 10.6 Å². The van der Waals surface area contributed by atoms with Gasteiger partial charge in [0.2, 0.25) is 5.91 Å². The van der Waals surface area contributed by atoms with Gasteiger partial charge in [0.05, 0.1) is 6.54 Å². The molecule has 0 bridgehead atoms. The highest BCUT2D eigenvalue weighted by molar-refractivity contribution is 8.00. The predicted molar refractivity (Wildman–Crippen MR) is 75.9 cm³/mol. The average molecular weight is 275 g/mol. The number of carbonyl (C=O) groups is 1. The summed E-state index contributed by atoms with van der Waals surface area (Å²) in [4.78, 5) is 12.5. The smallest absolute Gasteiger partial charge is 0.233 e. The maximum atomic E-state index is 11.2. The third kappa shape index (κ3) is 7.26. The molecule has 0 aliphatic rings. The number of thioether (sulfide) groups is 1. The Labute approximate surface area is 113 Å². The number of nitrogens with one attached hydrogen (secondary N) is 2. The second kappa shape index (κ2) is 9.33. The van der Waals surface area contributed by atoms with E-state index in [1.165, 1.54) is 4.90 Å². The van der Waals surface area contributed by atoms with Crippen molar-refractivity contribution < 1.29 is 4.79 Å². The molecule has 0 saturated heterocycles. The van der Waals surface area contributed by atoms with E-state index in [1.54, 1.807) is 18.8 Å². The minimum absolute atomic E-state index is 0. The van der Waals surface area contributed by atoms with Crippen molar-refractivity contribution in [1.29, 1.82) is 0 Å². The Morgan fingerprint density at radius 2 is 2.00 bits per heavy atom. The summed E-state index contributed by atoms with van der Waals surface area (Å²) in [5, 5.41) is 6.08. The van der Waals surface area contributed by atoms with Crippen LogP contribution in [0.5, 0.6) is 0 Å². The topological polar surface area (TPSA) is 41.1 Å². The predicted octanol–water partition coefficient (Wildman–Crippen LogP) is 1.92. The van der Waals surface area contributed by atoms with E-state index in [9.17, 15) is 4.79 Å². The van der Waals surface area contributed by atoms with E-state index in [0.717, 1.165) is 0 Å². The van der Waals surface area contributed by atoms with Gasteiger partial charge in [0.25, 0.3) is 0 Å². The zero-order chi connectivity index (χ0) is 11.8. The molecular formula is C12H19ClN2OS. The zero-order valence-electron chi connectivity index (χ0n) is 10.1. The molecule has 0 aliphatic heterocycles. The molecule has 1 unspecified atom stereocenters. The minimum atomic E-state index is 0. The summed E-state index contributed by atoms with van der Waals surface area (Å²) in [6.07, 6.45) is 0. The first-order chi connectivity index (χ1) is 7.72. The highest BCUT2D eigenvalue weighted by Crippen LogP contribution is 2.21. The Morgan fingerprint density at radius 3 is 2.59 bits per heavy atom. The fraction of sp³-hybridized carbons (Fsp3) is 0.417. The third-order valence-electron chi connectivity index (χ3n) is 2.00. The van der Waals surface area contributed by atoms with Gasteiger partial charge >= 0.3 is 0 Å². The number of halogens is 1. The lowest BCUT2D eigenvalue weighted by atomic mass is 10.4. The van der Waals surface area contributed by atoms with E-state index in [-0.39, 0.29) is 18.3 Å². The number of rotatable bonds is 6. The van der Waals surface area contributed by atoms with Gasteiger partial charge in [0.1, 0.15) is 0 Å². The molecule has 0 heterocycles. The molecular weight excluding hydrogens is 256 g/mol. The van der Waals surface area contributed by atoms with E-state index in [2.05, 4.69) is 29.7 Å². The van der Waals surface area contributed by atoms with Crippen LogP contribution in [0.1, 0.15) is 6.92 Å². The lowest BCUT2D eigenvalue weighted by Gasteiger charge is -2.12. The molecule has 0 aliphatic carbocycles. The van der Waals surface area contributed by atoms with Crippen molar-refractivity contribution in [3.05, 3.63) is 30.3 Å². The molecule has 0 spiro atoms. The van der Waals surface area contributed by atoms with E-state index in [0.29, 0.717) is 18.3 Å². The van der Waals surface area contributed by atoms with Crippen LogP contribution in [0.25, 0.3) is 0 Å². The molecule has 0 aromatic heterocycles. The van der Waals surface area contributed by atoms with Crippen LogP contribution in [-0.2, 0) is 4.79 Å². The van der Waals surface area contributed by atoms with Gasteiger partial charge < -0.3 is 10.6 Å². The Morgan fingerprint density at radius 1 is 1.35 bits per heavy atom. The van der Waals surface area contributed by atoms with Crippen LogP contribution in [0.4, 0.5) is 0 Å². The van der Waals surface area contributed by atoms with E-state index in [1.807, 2.05) is 18.2 Å². The fourth-order valence-electron chi connectivity index (χ4n) is 1.25. The quantitative estimate of drug-likeness (QED) is 0.779. The summed E-state index contributed by atoms with van der Waals surface area (Å²) in [6.45, 7) is 3.18. The van der Waals surface area contributed by atoms with Crippen LogP contribution >= 0.6 is 24.2 Å². The first-order valence-corrected chi connectivity index (χ1v) is 6.23. The molecule has 96 valence electrons. The van der Waals surface area contributed by atoms with Crippen LogP contribution in [0, 0.1) is 0 Å². The fourth-order valence-corrected chi connectivity index (χ4v) is 2.20. The molecule has 1 atom stereocenters. The molecule has 0 saturated carbocycles. The van der Waals surface area contributed by atoms with Crippen molar-refractivity contribution in [2.24, 2.45) is 0 Å². The molecule has 0 radical (unpaired) electrons. The standard InChI is InChI=1S/C12H18N2OS.ClH/c1-10(8-14-12(15)9-13-2)16-11-6-4-3-5-7-11;/h3-7,10,13H,8-9H2,1-2H3,(H,14,15);1H. The normalized spacial score (nSPS) is 11.4. The highest BCUT2D eigenvalue weighted by Gasteiger charge is 2.05. The number of carbonyl (C=O) groups excluding carboxylic acids is 1. The zero-order valence-corrected chi connectivity index (χ0v) is 11.7. The van der Waals surface area contributed by atoms with Gasteiger partial charge in [0.15, 0.2) is 0 Å². The summed E-state index contributed by atoms with van der Waals surface area (Å²) >= 11 is 1.77. The van der Waals surface area contributed by atoms with Gasteiger partial charge in [-0.05, 0) is 19.2 Å². The Bertz CT molecular complexity index is 322. The van der Waals surface area contributed by atoms with Crippen molar-refractivity contribution >= 4 is 30.1 Å². The summed E-state index contributed by atoms with van der Waals surface area (Å²) in [7, 11) is 1.77. The van der Waals surface area contributed by atoms with Gasteiger partial charge in [-0.25, -0.2) is 0 Å². The van der Waals surface area contributed by atoms with E-state index < -0.39 is 0 Å². The van der Waals surface area contributed by atoms with Gasteiger partial charge in [-0.3, -0.25) is 4.79 Å². The van der Waals surface area contributed by atoms with E-state index in [4.69, 9.17) is 0 Å². The van der Waals surface area contributed by atoms with Gasteiger partial charge in [-0.15, -0.1) is 24.2 Å². The highest BCUT2D eigenvalue weighted by atomic mass is 35.5. The van der Waals surface area contributed by atoms with Crippen molar-refractivity contribution in [2.45, 2.75) is 17.1 Å². The maximum Gasteiger partial charge on any atom is 0.233 e. The molecule has 1 amide bonds. The summed E-state index contributed by atoms with van der Waals surface area (Å²) in [5.74, 6) is 0.0445. The number of hydrogen-bond acceptors (Lipinski definition) is 3. The molecule has 0 fully saturated rings. The Hall–Kier alpha value is -0.710. The Kier molecular flexibility index (Phi) is 8.94. The molecule has 1 rings (SSSR count). The van der Waals surface area contributed by atoms with Gasteiger partial charge in [-0.2, -0.15) is 0 Å². The summed E-state index contributed by atoms with van der Waals surface area (Å²) in [6, 6.07) is 10.2. The minimum Gasteiger partial charge on any atom is -0.354 e. The summed E-state index contributed by atoms with van der Waals surface area (Å²) < 4.78 is 0. The molecule has 1 aromatic rings. The maximum absolute atomic E-state index is 11.2. The van der Waals surface area contributed by atoms with Gasteiger partial charge in [-0.1, -0.05) is 25.1 Å². The number of amides is 1. The van der Waals surface area contributed by atoms with Crippen molar-refractivity contribution in [1.82, 2.24) is 10.6 Å². The van der Waals surface area contributed by atoms with Crippen molar-refractivity contribution in [3.63, 3.8) is 0 Å².